The van der Waals surface area contributed by atoms with Crippen LogP contribution in [0.5, 0.6) is 0 Å². The van der Waals surface area contributed by atoms with Gasteiger partial charge in [-0.2, -0.15) is 0 Å². The Morgan fingerprint density at radius 3 is 2.57 bits per heavy atom. The van der Waals surface area contributed by atoms with Gasteiger partial charge in [0.15, 0.2) is 5.76 Å². The number of rotatable bonds is 2. The van der Waals surface area contributed by atoms with Crippen molar-refractivity contribution in [1.82, 2.24) is 5.16 Å². The van der Waals surface area contributed by atoms with Crippen molar-refractivity contribution in [3.63, 3.8) is 0 Å². The van der Waals surface area contributed by atoms with Crippen molar-refractivity contribution in [3.05, 3.63) is 42.2 Å². The summed E-state index contributed by atoms with van der Waals surface area (Å²) in [7, 11) is 0. The van der Waals surface area contributed by atoms with Gasteiger partial charge in [0.25, 0.3) is 0 Å². The van der Waals surface area contributed by atoms with Gasteiger partial charge < -0.3 is 4.52 Å². The van der Waals surface area contributed by atoms with Gasteiger partial charge in [0.05, 0.1) is 5.38 Å². The summed E-state index contributed by atoms with van der Waals surface area (Å²) < 4.78 is 5.10. The second-order valence-electron chi connectivity index (χ2n) is 3.10. The third kappa shape index (κ3) is 1.80. The number of benzene rings is 1. The molecular formula is C11H10ClNO. The van der Waals surface area contributed by atoms with E-state index < -0.39 is 0 Å². The molecule has 14 heavy (non-hydrogen) atoms. The van der Waals surface area contributed by atoms with Crippen molar-refractivity contribution in [2.24, 2.45) is 0 Å². The van der Waals surface area contributed by atoms with E-state index in [9.17, 15) is 0 Å². The second-order valence-corrected chi connectivity index (χ2v) is 3.75. The van der Waals surface area contributed by atoms with Gasteiger partial charge >= 0.3 is 0 Å². The topological polar surface area (TPSA) is 26.0 Å². The molecule has 0 aliphatic heterocycles. The van der Waals surface area contributed by atoms with Gasteiger partial charge in [-0.3, -0.25) is 0 Å². The van der Waals surface area contributed by atoms with Crippen LogP contribution in [-0.4, -0.2) is 5.16 Å². The standard InChI is InChI=1S/C11H10ClNO/c1-8(12)11-7-10(13-14-11)9-5-3-2-4-6-9/h2-8H,1H3. The molecule has 0 bridgehead atoms. The van der Waals surface area contributed by atoms with Crippen LogP contribution in [0.2, 0.25) is 0 Å². The van der Waals surface area contributed by atoms with Gasteiger partial charge in [0.2, 0.25) is 0 Å². The van der Waals surface area contributed by atoms with Gasteiger partial charge in [-0.1, -0.05) is 35.5 Å². The number of hydrogen-bond acceptors (Lipinski definition) is 2. The monoisotopic (exact) mass is 207 g/mol. The molecular weight excluding hydrogens is 198 g/mol. The van der Waals surface area contributed by atoms with Crippen LogP contribution in [0.4, 0.5) is 0 Å². The molecule has 0 amide bonds. The molecule has 2 rings (SSSR count). The smallest absolute Gasteiger partial charge is 0.154 e. The Hall–Kier alpha value is -1.28. The third-order valence-electron chi connectivity index (χ3n) is 1.99. The summed E-state index contributed by atoms with van der Waals surface area (Å²) in [4.78, 5) is 0. The molecule has 0 aliphatic carbocycles. The highest BCUT2D eigenvalue weighted by Crippen LogP contribution is 2.25. The Morgan fingerprint density at radius 2 is 2.00 bits per heavy atom. The van der Waals surface area contributed by atoms with Crippen LogP contribution in [0.1, 0.15) is 18.1 Å². The minimum absolute atomic E-state index is 0.139. The summed E-state index contributed by atoms with van der Waals surface area (Å²) in [6.45, 7) is 1.86. The van der Waals surface area contributed by atoms with Crippen molar-refractivity contribution in [2.45, 2.75) is 12.3 Å². The molecule has 0 saturated heterocycles. The largest absolute Gasteiger partial charge is 0.359 e. The van der Waals surface area contributed by atoms with Crippen LogP contribution in [0.25, 0.3) is 11.3 Å². The molecule has 2 aromatic rings. The summed E-state index contributed by atoms with van der Waals surface area (Å²) in [5.41, 5.74) is 1.87. The van der Waals surface area contributed by atoms with Crippen LogP contribution in [0.15, 0.2) is 40.9 Å². The summed E-state index contributed by atoms with van der Waals surface area (Å²) >= 11 is 5.87. The first-order chi connectivity index (χ1) is 6.77. The number of nitrogens with zero attached hydrogens (tertiary/aromatic N) is 1. The fourth-order valence-corrected chi connectivity index (χ4v) is 1.32. The lowest BCUT2D eigenvalue weighted by molar-refractivity contribution is 0.386. The van der Waals surface area contributed by atoms with Crippen molar-refractivity contribution >= 4 is 11.6 Å². The van der Waals surface area contributed by atoms with E-state index in [1.807, 2.05) is 43.3 Å². The van der Waals surface area contributed by atoms with Gasteiger partial charge in [0.1, 0.15) is 5.69 Å². The van der Waals surface area contributed by atoms with Gasteiger partial charge in [-0.15, -0.1) is 11.6 Å². The predicted octanol–water partition coefficient (Wildman–Crippen LogP) is 3.64. The average Bonchev–Trinajstić information content (AvgIpc) is 2.68. The van der Waals surface area contributed by atoms with Gasteiger partial charge in [-0.25, -0.2) is 0 Å². The van der Waals surface area contributed by atoms with E-state index in [1.165, 1.54) is 0 Å². The lowest BCUT2D eigenvalue weighted by Crippen LogP contribution is -1.76. The molecule has 0 aliphatic rings. The number of halogens is 1. The van der Waals surface area contributed by atoms with Gasteiger partial charge in [-0.05, 0) is 6.92 Å². The highest BCUT2D eigenvalue weighted by molar-refractivity contribution is 6.20. The number of alkyl halides is 1. The van der Waals surface area contributed by atoms with Crippen LogP contribution in [-0.2, 0) is 0 Å². The summed E-state index contributed by atoms with van der Waals surface area (Å²) in [6, 6.07) is 11.7. The number of aromatic nitrogens is 1. The lowest BCUT2D eigenvalue weighted by Gasteiger charge is -1.92. The molecule has 1 heterocycles. The van der Waals surface area contributed by atoms with Crippen LogP contribution in [0, 0.1) is 0 Å². The Kier molecular flexibility index (Phi) is 2.55. The normalized spacial score (nSPS) is 12.7. The molecule has 0 fully saturated rings. The van der Waals surface area contributed by atoms with Crippen LogP contribution < -0.4 is 0 Å². The highest BCUT2D eigenvalue weighted by Gasteiger charge is 2.09. The zero-order valence-electron chi connectivity index (χ0n) is 7.77. The fourth-order valence-electron chi connectivity index (χ4n) is 1.22. The molecule has 1 aromatic heterocycles. The molecule has 72 valence electrons. The van der Waals surface area contributed by atoms with E-state index >= 15 is 0 Å². The lowest BCUT2D eigenvalue weighted by atomic mass is 10.1. The molecule has 1 unspecified atom stereocenters. The molecule has 0 N–H and O–H groups in total. The maximum absolute atomic E-state index is 5.87. The Morgan fingerprint density at radius 1 is 1.29 bits per heavy atom. The Bertz CT molecular complexity index is 408. The van der Waals surface area contributed by atoms with Crippen molar-refractivity contribution in [2.75, 3.05) is 0 Å². The SMILES string of the molecule is CC(Cl)c1cc(-c2ccccc2)no1. The number of hydrogen-bond donors (Lipinski definition) is 0. The fraction of sp³-hybridized carbons (Fsp3) is 0.182. The Balaban J connectivity index is 2.34. The maximum Gasteiger partial charge on any atom is 0.154 e. The zero-order chi connectivity index (χ0) is 9.97. The molecule has 1 atom stereocenters. The molecule has 2 nitrogen and oxygen atoms in total. The summed E-state index contributed by atoms with van der Waals surface area (Å²) in [5, 5.41) is 3.81. The third-order valence-corrected chi connectivity index (χ3v) is 2.21. The summed E-state index contributed by atoms with van der Waals surface area (Å²) in [5.74, 6) is 0.700. The van der Waals surface area contributed by atoms with E-state index in [0.29, 0.717) is 5.76 Å². The first kappa shape index (κ1) is 9.28. The highest BCUT2D eigenvalue weighted by atomic mass is 35.5. The van der Waals surface area contributed by atoms with Crippen LogP contribution >= 0.6 is 11.6 Å². The van der Waals surface area contributed by atoms with E-state index in [1.54, 1.807) is 0 Å². The quantitative estimate of drug-likeness (QED) is 0.703. The first-order valence-corrected chi connectivity index (χ1v) is 4.87. The molecule has 0 saturated carbocycles. The van der Waals surface area contributed by atoms with Crippen LogP contribution in [0.3, 0.4) is 0 Å². The van der Waals surface area contributed by atoms with E-state index in [0.717, 1.165) is 11.3 Å². The van der Waals surface area contributed by atoms with Gasteiger partial charge in [0, 0.05) is 11.6 Å². The molecule has 1 aromatic carbocycles. The van der Waals surface area contributed by atoms with E-state index in [4.69, 9.17) is 16.1 Å². The minimum Gasteiger partial charge on any atom is -0.359 e. The maximum atomic E-state index is 5.87. The average molecular weight is 208 g/mol. The molecule has 3 heteroatoms. The van der Waals surface area contributed by atoms with Crippen molar-refractivity contribution in [1.29, 1.82) is 0 Å². The van der Waals surface area contributed by atoms with E-state index in [-0.39, 0.29) is 5.38 Å². The van der Waals surface area contributed by atoms with Crippen molar-refractivity contribution in [3.8, 4) is 11.3 Å². The first-order valence-electron chi connectivity index (χ1n) is 4.43. The molecule has 0 spiro atoms. The summed E-state index contributed by atoms with van der Waals surface area (Å²) in [6.07, 6.45) is 0. The Labute approximate surface area is 87.5 Å². The van der Waals surface area contributed by atoms with E-state index in [2.05, 4.69) is 5.16 Å². The minimum atomic E-state index is -0.139. The molecule has 0 radical (unpaired) electrons. The van der Waals surface area contributed by atoms with Crippen molar-refractivity contribution < 1.29 is 4.52 Å². The second kappa shape index (κ2) is 3.84. The zero-order valence-corrected chi connectivity index (χ0v) is 8.53. The predicted molar refractivity (Wildman–Crippen MR) is 56.2 cm³/mol.